The Morgan fingerprint density at radius 3 is 2.71 bits per heavy atom. The lowest BCUT2D eigenvalue weighted by atomic mass is 10.1. The summed E-state index contributed by atoms with van der Waals surface area (Å²) in [5.74, 6) is 0.00847. The summed E-state index contributed by atoms with van der Waals surface area (Å²) in [6.45, 7) is 1.87. The van der Waals surface area contributed by atoms with Crippen LogP contribution in [0.5, 0.6) is 0 Å². The number of rotatable bonds is 1. The number of carbonyl (C=O) groups is 1. The third kappa shape index (κ3) is 2.62. The molecule has 1 aromatic heterocycles. The van der Waals surface area contributed by atoms with Crippen LogP contribution in [0.4, 0.5) is 0 Å². The van der Waals surface area contributed by atoms with Crippen molar-refractivity contribution in [3.05, 3.63) is 61.3 Å². The Morgan fingerprint density at radius 2 is 2.00 bits per heavy atom. The number of benzene rings is 1. The number of carbonyl (C=O) groups excluding carboxylic acids is 1. The largest absolute Gasteiger partial charge is 0.422 e. The molecule has 6 heteroatoms. The Kier molecular flexibility index (Phi) is 3.61. The fourth-order valence-electron chi connectivity index (χ4n) is 2.15. The first kappa shape index (κ1) is 14.3. The van der Waals surface area contributed by atoms with E-state index in [2.05, 4.69) is 4.98 Å². The summed E-state index contributed by atoms with van der Waals surface area (Å²) in [4.78, 5) is 14.9. The second-order valence-corrected chi connectivity index (χ2v) is 5.86. The van der Waals surface area contributed by atoms with Crippen molar-refractivity contribution in [1.82, 2.24) is 4.98 Å². The van der Waals surface area contributed by atoms with Gasteiger partial charge >= 0.3 is 5.97 Å². The van der Waals surface area contributed by atoms with Crippen LogP contribution < -0.4 is 0 Å². The highest BCUT2D eigenvalue weighted by molar-refractivity contribution is 7.71. The lowest BCUT2D eigenvalue weighted by Gasteiger charge is -2.02. The van der Waals surface area contributed by atoms with E-state index in [9.17, 15) is 4.79 Å². The van der Waals surface area contributed by atoms with E-state index < -0.39 is 5.97 Å². The van der Waals surface area contributed by atoms with Gasteiger partial charge < -0.3 is 9.72 Å². The third-order valence-corrected chi connectivity index (χ3v) is 4.13. The summed E-state index contributed by atoms with van der Waals surface area (Å²) in [6.07, 6.45) is 1.74. The smallest absolute Gasteiger partial charge is 0.347 e. The molecule has 3 nitrogen and oxygen atoms in total. The molecule has 0 bridgehead atoms. The molecule has 2 aromatic rings. The number of aromatic nitrogens is 1. The minimum Gasteiger partial charge on any atom is -0.422 e. The number of hydrogen-bond donors (Lipinski definition) is 1. The van der Waals surface area contributed by atoms with E-state index in [-0.39, 0.29) is 0 Å². The van der Waals surface area contributed by atoms with Crippen molar-refractivity contribution >= 4 is 53.2 Å². The fraction of sp³-hybridized carbons (Fsp3) is 0.0667. The summed E-state index contributed by atoms with van der Waals surface area (Å²) in [5, 5.41) is 0.915. The molecular formula is C15H9Cl2NO2S. The van der Waals surface area contributed by atoms with E-state index >= 15 is 0 Å². The summed E-state index contributed by atoms with van der Waals surface area (Å²) in [7, 11) is 0. The molecule has 106 valence electrons. The van der Waals surface area contributed by atoms with E-state index in [1.54, 1.807) is 24.3 Å². The van der Waals surface area contributed by atoms with Gasteiger partial charge in [0.2, 0.25) is 0 Å². The molecule has 0 amide bonds. The number of H-pyrrole nitrogens is 1. The molecule has 0 spiro atoms. The number of ether oxygens (including phenoxy) is 1. The zero-order valence-corrected chi connectivity index (χ0v) is 13.2. The second kappa shape index (κ2) is 5.30. The molecule has 1 aliphatic rings. The van der Waals surface area contributed by atoms with E-state index in [0.29, 0.717) is 31.6 Å². The monoisotopic (exact) mass is 337 g/mol. The van der Waals surface area contributed by atoms with Gasteiger partial charge in [-0.3, -0.25) is 0 Å². The van der Waals surface area contributed by atoms with Crippen molar-refractivity contribution < 1.29 is 9.53 Å². The van der Waals surface area contributed by atoms with Crippen LogP contribution in [0, 0.1) is 11.6 Å². The van der Waals surface area contributed by atoms with Gasteiger partial charge in [-0.25, -0.2) is 4.79 Å². The van der Waals surface area contributed by atoms with Crippen molar-refractivity contribution in [3.8, 4) is 0 Å². The van der Waals surface area contributed by atoms with Gasteiger partial charge in [-0.15, -0.1) is 0 Å². The molecule has 21 heavy (non-hydrogen) atoms. The average molecular weight is 338 g/mol. The first-order valence-corrected chi connectivity index (χ1v) is 7.25. The predicted octanol–water partition coefficient (Wildman–Crippen LogP) is 5.03. The van der Waals surface area contributed by atoms with Gasteiger partial charge in [0.15, 0.2) is 0 Å². The van der Waals surface area contributed by atoms with Crippen molar-refractivity contribution in [2.75, 3.05) is 0 Å². The zero-order valence-electron chi connectivity index (χ0n) is 10.9. The van der Waals surface area contributed by atoms with Gasteiger partial charge in [0.1, 0.15) is 16.0 Å². The number of aromatic amines is 1. The van der Waals surface area contributed by atoms with Gasteiger partial charge in [0, 0.05) is 11.3 Å². The molecule has 0 fully saturated rings. The Hall–Kier alpha value is -1.62. The fourth-order valence-corrected chi connectivity index (χ4v) is 2.81. The van der Waals surface area contributed by atoms with Gasteiger partial charge in [-0.2, -0.15) is 0 Å². The Labute approximate surface area is 136 Å². The number of pyridine rings is 1. The lowest BCUT2D eigenvalue weighted by molar-refractivity contribution is 0.0716. The molecule has 1 N–H and O–H groups in total. The molecule has 0 unspecified atom stereocenters. The zero-order chi connectivity index (χ0) is 15.1. The first-order chi connectivity index (χ1) is 9.95. The van der Waals surface area contributed by atoms with Crippen LogP contribution in [0.1, 0.15) is 27.2 Å². The molecule has 0 saturated carbocycles. The number of halogens is 2. The molecule has 1 aromatic carbocycles. The molecule has 2 heterocycles. The highest BCUT2D eigenvalue weighted by atomic mass is 35.5. The minimum atomic E-state index is -0.447. The van der Waals surface area contributed by atoms with Crippen LogP contribution in [0.2, 0.25) is 10.0 Å². The van der Waals surface area contributed by atoms with Gasteiger partial charge in [0.05, 0.1) is 10.0 Å². The van der Waals surface area contributed by atoms with E-state index in [1.165, 1.54) is 0 Å². The summed E-state index contributed by atoms with van der Waals surface area (Å²) < 4.78 is 5.68. The molecule has 1 aliphatic heterocycles. The maximum atomic E-state index is 11.9. The SMILES string of the molecule is Cc1cc2c(c(=S)[nH]1)C(=O)O/C2=C/c1ccc(Cl)c(Cl)c1. The van der Waals surface area contributed by atoms with Gasteiger partial charge in [-0.1, -0.05) is 41.5 Å². The van der Waals surface area contributed by atoms with Crippen LogP contribution in [0.15, 0.2) is 24.3 Å². The number of hydrogen-bond acceptors (Lipinski definition) is 3. The summed E-state index contributed by atoms with van der Waals surface area (Å²) in [5.41, 5.74) is 2.72. The normalized spacial score (nSPS) is 15.2. The van der Waals surface area contributed by atoms with Crippen LogP contribution in [0.25, 0.3) is 11.8 Å². The van der Waals surface area contributed by atoms with Crippen LogP contribution in [-0.2, 0) is 4.74 Å². The van der Waals surface area contributed by atoms with Crippen molar-refractivity contribution in [3.63, 3.8) is 0 Å². The molecule has 0 saturated heterocycles. The number of fused-ring (bicyclic) bond motifs is 1. The molecule has 0 radical (unpaired) electrons. The second-order valence-electron chi connectivity index (χ2n) is 4.64. The van der Waals surface area contributed by atoms with E-state index in [0.717, 1.165) is 11.3 Å². The summed E-state index contributed by atoms with van der Waals surface area (Å²) in [6, 6.07) is 7.03. The third-order valence-electron chi connectivity index (χ3n) is 3.08. The molecule has 3 rings (SSSR count). The standard InChI is InChI=1S/C15H9Cl2NO2S/c1-7-4-9-12(20-15(19)13(9)14(21)18-7)6-8-2-3-10(16)11(17)5-8/h2-6H,1H3,(H,18,21)/b12-6+. The molecular weight excluding hydrogens is 329 g/mol. The van der Waals surface area contributed by atoms with Crippen molar-refractivity contribution in [2.45, 2.75) is 6.92 Å². The maximum Gasteiger partial charge on any atom is 0.347 e. The Balaban J connectivity index is 2.14. The van der Waals surface area contributed by atoms with Crippen LogP contribution in [0.3, 0.4) is 0 Å². The number of esters is 1. The average Bonchev–Trinajstić information content (AvgIpc) is 2.70. The maximum absolute atomic E-state index is 11.9. The van der Waals surface area contributed by atoms with Crippen LogP contribution >= 0.6 is 35.4 Å². The summed E-state index contributed by atoms with van der Waals surface area (Å²) >= 11 is 17.1. The van der Waals surface area contributed by atoms with Gasteiger partial charge in [0.25, 0.3) is 0 Å². The van der Waals surface area contributed by atoms with Crippen molar-refractivity contribution in [1.29, 1.82) is 0 Å². The van der Waals surface area contributed by atoms with Crippen molar-refractivity contribution in [2.24, 2.45) is 0 Å². The topological polar surface area (TPSA) is 42.1 Å². The Bertz CT molecular complexity index is 855. The number of aryl methyl sites for hydroxylation is 1. The molecule has 0 atom stereocenters. The van der Waals surface area contributed by atoms with Gasteiger partial charge in [-0.05, 0) is 36.8 Å². The lowest BCUT2D eigenvalue weighted by Crippen LogP contribution is -1.97. The van der Waals surface area contributed by atoms with E-state index in [4.69, 9.17) is 40.2 Å². The highest BCUT2D eigenvalue weighted by Gasteiger charge is 2.28. The highest BCUT2D eigenvalue weighted by Crippen LogP contribution is 2.33. The van der Waals surface area contributed by atoms with E-state index in [1.807, 2.05) is 13.0 Å². The quantitative estimate of drug-likeness (QED) is 0.586. The van der Waals surface area contributed by atoms with Crippen LogP contribution in [-0.4, -0.2) is 11.0 Å². The Morgan fingerprint density at radius 1 is 1.24 bits per heavy atom. The minimum absolute atomic E-state index is 0.382. The predicted molar refractivity (Wildman–Crippen MR) is 86.1 cm³/mol. The number of nitrogens with one attached hydrogen (secondary N) is 1. The molecule has 0 aliphatic carbocycles. The number of cyclic esters (lactones) is 1. The first-order valence-electron chi connectivity index (χ1n) is 6.09.